The molecule has 0 unspecified atom stereocenters. The normalized spacial score (nSPS) is 13.3. The number of aryl methyl sites for hydroxylation is 1. The second-order valence-electron chi connectivity index (χ2n) is 18.7. The molecule has 3 heterocycles. The summed E-state index contributed by atoms with van der Waals surface area (Å²) in [6, 6.07) is 68.3. The molecule has 0 N–H and O–H groups in total. The van der Waals surface area contributed by atoms with Crippen LogP contribution < -0.4 is 14.5 Å². The molecular formula is C65H49N4OPt-3. The summed E-state index contributed by atoms with van der Waals surface area (Å²) in [7, 11) is 0. The van der Waals surface area contributed by atoms with E-state index >= 15 is 0 Å². The van der Waals surface area contributed by atoms with Gasteiger partial charge in [0.15, 0.2) is 0 Å². The predicted molar refractivity (Wildman–Crippen MR) is 289 cm³/mol. The van der Waals surface area contributed by atoms with Crippen LogP contribution in [0.1, 0.15) is 38.8 Å². The zero-order chi connectivity index (χ0) is 51.7. The van der Waals surface area contributed by atoms with Gasteiger partial charge < -0.3 is 19.1 Å². The molecule has 6 heteroatoms. The Labute approximate surface area is 437 Å². The van der Waals surface area contributed by atoms with Crippen LogP contribution in [0.2, 0.25) is 0 Å². The SMILES string of the molecule is [2H]c1c([2H])c([2H])c(-c2cnc(-n3c4[c-]c(Oc5[c-]c(N6[CH-]N(c7cc(-c8ccccc8)cc(C(C)(C)C)c7)c7cc(-c8ccccc8)ccc76)ccc5)ccc4c4cc(-c5ccccc5)ccc43)cc2C)c([2H])c1[2H].[Pt]. The third-order valence-corrected chi connectivity index (χ3v) is 13.1. The van der Waals surface area contributed by atoms with Gasteiger partial charge in [0.2, 0.25) is 0 Å². The van der Waals surface area contributed by atoms with Gasteiger partial charge in [-0.3, -0.25) is 0 Å². The van der Waals surface area contributed by atoms with Gasteiger partial charge in [-0.1, -0.05) is 172 Å². The van der Waals surface area contributed by atoms with Gasteiger partial charge in [0.05, 0.1) is 6.85 Å². The number of benzene rings is 9. The van der Waals surface area contributed by atoms with E-state index in [0.717, 1.165) is 77.9 Å². The molecule has 9 aromatic carbocycles. The number of anilines is 4. The first-order valence-electron chi connectivity index (χ1n) is 25.9. The number of ether oxygens (including phenoxy) is 1. The Morgan fingerprint density at radius 1 is 0.549 bits per heavy atom. The van der Waals surface area contributed by atoms with Crippen molar-refractivity contribution in [1.82, 2.24) is 9.55 Å². The van der Waals surface area contributed by atoms with Gasteiger partial charge in [-0.05, 0) is 104 Å². The Hall–Kier alpha value is -7.98. The minimum Gasteiger partial charge on any atom is -0.509 e. The van der Waals surface area contributed by atoms with Gasteiger partial charge in [-0.2, -0.15) is 12.1 Å². The first-order valence-corrected chi connectivity index (χ1v) is 23.4. The van der Waals surface area contributed by atoms with Gasteiger partial charge in [-0.25, -0.2) is 4.98 Å². The molecule has 0 spiro atoms. The van der Waals surface area contributed by atoms with Crippen molar-refractivity contribution in [2.24, 2.45) is 0 Å². The Morgan fingerprint density at radius 2 is 1.21 bits per heavy atom. The van der Waals surface area contributed by atoms with Crippen LogP contribution in [0.15, 0.2) is 218 Å². The molecule has 5 nitrogen and oxygen atoms in total. The summed E-state index contributed by atoms with van der Waals surface area (Å²) in [4.78, 5) is 9.37. The monoisotopic (exact) mass is 1100 g/mol. The molecule has 11 aromatic rings. The summed E-state index contributed by atoms with van der Waals surface area (Å²) in [6.45, 7) is 10.8. The fraction of sp³-hybridized carbons (Fsp3) is 0.0769. The first-order chi connectivity index (χ1) is 36.3. The zero-order valence-electron chi connectivity index (χ0n) is 44.5. The predicted octanol–water partition coefficient (Wildman–Crippen LogP) is 17.3. The molecule has 1 aliphatic heterocycles. The minimum absolute atomic E-state index is 0. The van der Waals surface area contributed by atoms with Crippen LogP contribution in [0.25, 0.3) is 72.1 Å². The Bertz CT molecular complexity index is 4000. The third-order valence-electron chi connectivity index (χ3n) is 13.1. The Balaban J connectivity index is 0.00000616. The van der Waals surface area contributed by atoms with E-state index < -0.39 is 18.1 Å². The van der Waals surface area contributed by atoms with E-state index in [9.17, 15) is 0 Å². The van der Waals surface area contributed by atoms with E-state index in [2.05, 4.69) is 177 Å². The summed E-state index contributed by atoms with van der Waals surface area (Å²) in [5.74, 6) is 1.55. The number of hydrogen-bond donors (Lipinski definition) is 0. The van der Waals surface area contributed by atoms with Crippen molar-refractivity contribution in [2.45, 2.75) is 33.1 Å². The molecule has 1 aliphatic rings. The van der Waals surface area contributed by atoms with E-state index in [1.807, 2.05) is 66.1 Å². The molecule has 0 saturated carbocycles. The van der Waals surface area contributed by atoms with Crippen LogP contribution in [0.5, 0.6) is 11.5 Å². The summed E-state index contributed by atoms with van der Waals surface area (Å²) in [5, 5.41) is 1.93. The molecule has 2 aromatic heterocycles. The molecule has 12 rings (SSSR count). The Morgan fingerprint density at radius 3 is 1.90 bits per heavy atom. The fourth-order valence-corrected chi connectivity index (χ4v) is 9.45. The average Bonchev–Trinajstić information content (AvgIpc) is 4.04. The fourth-order valence-electron chi connectivity index (χ4n) is 9.45. The van der Waals surface area contributed by atoms with E-state index in [1.165, 1.54) is 5.56 Å². The summed E-state index contributed by atoms with van der Waals surface area (Å²) in [5.41, 5.74) is 14.6. The molecule has 0 aliphatic carbocycles. The number of rotatable bonds is 9. The second kappa shape index (κ2) is 18.7. The third kappa shape index (κ3) is 8.72. The summed E-state index contributed by atoms with van der Waals surface area (Å²) < 4.78 is 51.0. The van der Waals surface area contributed by atoms with Crippen molar-refractivity contribution < 1.29 is 32.7 Å². The van der Waals surface area contributed by atoms with E-state index in [1.54, 1.807) is 6.20 Å². The standard InChI is InChI=1S/C65H49N4O.Pt/c1-44-34-64(66-42-59(44)48-24-15-8-16-25-48)69-60-32-28-49(45-18-9-5-10-19-45)37-58(60)57-31-30-56(41-62(57)69)70-55-27-17-26-53(40-55)67-43-68(63-38-50(29-33-61(63)67)46-20-11-6-12-21-46)54-36-51(47-22-13-7-14-23-47)35-52(39-54)65(2,3)4;/h5-39,42-43H,1-4H3;/q-3;/i8D,15D,16D,24D,25D;. The number of aromatic nitrogens is 2. The summed E-state index contributed by atoms with van der Waals surface area (Å²) >= 11 is 0. The quantitative estimate of drug-likeness (QED) is 0.135. The molecule has 0 saturated heterocycles. The van der Waals surface area contributed by atoms with Crippen molar-refractivity contribution in [3.05, 3.63) is 248 Å². The average molecular weight is 1100 g/mol. The van der Waals surface area contributed by atoms with Crippen LogP contribution in [0.4, 0.5) is 22.7 Å². The Kier molecular flexibility index (Phi) is 10.5. The number of pyridine rings is 1. The van der Waals surface area contributed by atoms with Crippen LogP contribution in [-0.4, -0.2) is 9.55 Å². The zero-order valence-corrected chi connectivity index (χ0v) is 41.8. The molecule has 0 fully saturated rings. The van der Waals surface area contributed by atoms with Gasteiger partial charge in [0, 0.05) is 66.9 Å². The van der Waals surface area contributed by atoms with Crippen molar-refractivity contribution in [3.63, 3.8) is 0 Å². The summed E-state index contributed by atoms with van der Waals surface area (Å²) in [6.07, 6.45) is 1.59. The van der Waals surface area contributed by atoms with Crippen LogP contribution in [0, 0.1) is 25.7 Å². The van der Waals surface area contributed by atoms with Gasteiger partial charge >= 0.3 is 0 Å². The maximum Gasteiger partial charge on any atom is 0.135 e. The maximum atomic E-state index is 8.69. The molecule has 0 bridgehead atoms. The number of nitrogens with zero attached hydrogens (tertiary/aromatic N) is 4. The molecule has 0 atom stereocenters. The maximum absolute atomic E-state index is 8.69. The van der Waals surface area contributed by atoms with Crippen molar-refractivity contribution in [2.75, 3.05) is 9.80 Å². The van der Waals surface area contributed by atoms with Crippen LogP contribution >= 0.6 is 0 Å². The van der Waals surface area contributed by atoms with Gasteiger partial charge in [0.25, 0.3) is 0 Å². The smallest absolute Gasteiger partial charge is 0.135 e. The molecule has 71 heavy (non-hydrogen) atoms. The van der Waals surface area contributed by atoms with Crippen molar-refractivity contribution >= 4 is 44.6 Å². The van der Waals surface area contributed by atoms with Crippen LogP contribution in [0.3, 0.4) is 0 Å². The van der Waals surface area contributed by atoms with E-state index in [-0.39, 0.29) is 44.1 Å². The number of hydrogen-bond acceptors (Lipinski definition) is 4. The van der Waals surface area contributed by atoms with E-state index in [0.29, 0.717) is 28.4 Å². The number of fused-ring (bicyclic) bond motifs is 4. The largest absolute Gasteiger partial charge is 0.509 e. The van der Waals surface area contributed by atoms with Gasteiger partial charge in [0.1, 0.15) is 5.82 Å². The minimum atomic E-state index is -0.436. The van der Waals surface area contributed by atoms with Gasteiger partial charge in [-0.15, -0.1) is 48.1 Å². The second-order valence-corrected chi connectivity index (χ2v) is 18.7. The molecule has 0 radical (unpaired) electrons. The molecule has 0 amide bonds. The van der Waals surface area contributed by atoms with Crippen molar-refractivity contribution in [1.29, 1.82) is 0 Å². The van der Waals surface area contributed by atoms with Crippen molar-refractivity contribution in [3.8, 4) is 61.8 Å². The molecule has 348 valence electrons. The van der Waals surface area contributed by atoms with Crippen LogP contribution in [-0.2, 0) is 26.5 Å². The van der Waals surface area contributed by atoms with E-state index in [4.69, 9.17) is 16.6 Å². The first kappa shape index (κ1) is 39.8. The topological polar surface area (TPSA) is 33.5 Å². The molecular weight excluding hydrogens is 1050 g/mol.